The average Bonchev–Trinajstić information content (AvgIpc) is 2.96. The summed E-state index contributed by atoms with van der Waals surface area (Å²) >= 11 is 0. The van der Waals surface area contributed by atoms with Gasteiger partial charge in [-0.1, -0.05) is 109 Å². The molecule has 0 aliphatic carbocycles. The van der Waals surface area contributed by atoms with Gasteiger partial charge in [0.05, 0.1) is 22.1 Å². The second-order valence-corrected chi connectivity index (χ2v) is 9.41. The van der Waals surface area contributed by atoms with Crippen LogP contribution in [-0.2, 0) is 0 Å². The van der Waals surface area contributed by atoms with E-state index < -0.39 is 0 Å². The number of nitrogens with zero attached hydrogens (tertiary/aromatic N) is 2. The molecule has 0 atom stereocenters. The zero-order valence-corrected chi connectivity index (χ0v) is 19.4. The van der Waals surface area contributed by atoms with Gasteiger partial charge in [-0.3, -0.25) is 0 Å². The molecule has 0 fully saturated rings. The fourth-order valence-electron chi connectivity index (χ4n) is 5.74. The molecule has 0 saturated heterocycles. The van der Waals surface area contributed by atoms with Crippen LogP contribution < -0.4 is 0 Å². The van der Waals surface area contributed by atoms with Crippen LogP contribution in [0.15, 0.2) is 121 Å². The van der Waals surface area contributed by atoms with Gasteiger partial charge in [-0.05, 0) is 55.9 Å². The normalized spacial score (nSPS) is 11.9. The lowest BCUT2D eigenvalue weighted by molar-refractivity contribution is 1.41. The van der Waals surface area contributed by atoms with Crippen molar-refractivity contribution in [2.45, 2.75) is 0 Å². The van der Waals surface area contributed by atoms with E-state index in [1.54, 1.807) is 0 Å². The molecule has 8 aromatic rings. The lowest BCUT2D eigenvalue weighted by Crippen LogP contribution is -1.95. The summed E-state index contributed by atoms with van der Waals surface area (Å²) in [5, 5.41) is 7.35. The second kappa shape index (κ2) is 7.34. The molecular weight excluding hydrogens is 436 g/mol. The molecule has 0 aliphatic heterocycles. The molecule has 2 nitrogen and oxygen atoms in total. The summed E-state index contributed by atoms with van der Waals surface area (Å²) in [7, 11) is 0. The summed E-state index contributed by atoms with van der Waals surface area (Å²) in [6, 6.07) is 43.0. The van der Waals surface area contributed by atoms with Gasteiger partial charge < -0.3 is 0 Å². The largest absolute Gasteiger partial charge is 0.244 e. The summed E-state index contributed by atoms with van der Waals surface area (Å²) in [4.78, 5) is 10.6. The van der Waals surface area contributed by atoms with Crippen molar-refractivity contribution in [1.29, 1.82) is 0 Å². The Morgan fingerprint density at radius 1 is 0.389 bits per heavy atom. The lowest BCUT2D eigenvalue weighted by atomic mass is 9.92. The maximum Gasteiger partial charge on any atom is 0.0979 e. The minimum Gasteiger partial charge on any atom is -0.244 e. The van der Waals surface area contributed by atoms with E-state index in [1.807, 2.05) is 0 Å². The average molecular weight is 457 g/mol. The third-order valence-electron chi connectivity index (χ3n) is 7.37. The van der Waals surface area contributed by atoms with Crippen molar-refractivity contribution in [2.24, 2.45) is 0 Å². The fraction of sp³-hybridized carbons (Fsp3) is 0. The standard InChI is InChI=1S/C34H20N2/c1-3-9-21(10-4-1)27-19-29-30(20-28(27)22-11-5-2-6-12-22)36-34-26-16-8-14-24-18-17-23-13-7-15-25(33(34)35-29)31(23)32(24)26/h1-20H. The Labute approximate surface area is 207 Å². The highest BCUT2D eigenvalue weighted by Crippen LogP contribution is 2.41. The third kappa shape index (κ3) is 2.73. The van der Waals surface area contributed by atoms with Crippen LogP contribution in [0.5, 0.6) is 0 Å². The summed E-state index contributed by atoms with van der Waals surface area (Å²) in [6.07, 6.45) is 0. The summed E-state index contributed by atoms with van der Waals surface area (Å²) in [5.41, 5.74) is 8.44. The van der Waals surface area contributed by atoms with E-state index in [-0.39, 0.29) is 0 Å². The number of aromatic nitrogens is 2. The van der Waals surface area contributed by atoms with E-state index in [4.69, 9.17) is 9.97 Å². The van der Waals surface area contributed by atoms with Crippen molar-refractivity contribution >= 4 is 54.4 Å². The molecule has 7 aromatic carbocycles. The quantitative estimate of drug-likeness (QED) is 0.192. The monoisotopic (exact) mass is 456 g/mol. The van der Waals surface area contributed by atoms with Crippen molar-refractivity contribution in [1.82, 2.24) is 9.97 Å². The van der Waals surface area contributed by atoms with Crippen molar-refractivity contribution in [3.05, 3.63) is 121 Å². The van der Waals surface area contributed by atoms with Crippen molar-refractivity contribution < 1.29 is 0 Å². The van der Waals surface area contributed by atoms with E-state index in [2.05, 4.69) is 121 Å². The zero-order valence-electron chi connectivity index (χ0n) is 19.4. The van der Waals surface area contributed by atoms with Gasteiger partial charge in [-0.25, -0.2) is 9.97 Å². The van der Waals surface area contributed by atoms with E-state index >= 15 is 0 Å². The molecule has 0 saturated carbocycles. The predicted octanol–water partition coefficient (Wildman–Crippen LogP) is 9.01. The van der Waals surface area contributed by atoms with Crippen LogP contribution in [0.4, 0.5) is 0 Å². The predicted molar refractivity (Wildman–Crippen MR) is 152 cm³/mol. The molecule has 0 aliphatic rings. The fourth-order valence-corrected chi connectivity index (χ4v) is 5.74. The Hall–Kier alpha value is -4.82. The minimum absolute atomic E-state index is 0.913. The van der Waals surface area contributed by atoms with Gasteiger partial charge in [0.15, 0.2) is 0 Å². The highest BCUT2D eigenvalue weighted by Gasteiger charge is 2.17. The van der Waals surface area contributed by atoms with Crippen molar-refractivity contribution in [3.8, 4) is 22.3 Å². The van der Waals surface area contributed by atoms with Crippen molar-refractivity contribution in [2.75, 3.05) is 0 Å². The van der Waals surface area contributed by atoms with Gasteiger partial charge >= 0.3 is 0 Å². The molecule has 0 amide bonds. The molecule has 36 heavy (non-hydrogen) atoms. The van der Waals surface area contributed by atoms with Gasteiger partial charge in [-0.15, -0.1) is 0 Å². The van der Waals surface area contributed by atoms with Gasteiger partial charge in [-0.2, -0.15) is 0 Å². The Morgan fingerprint density at radius 2 is 0.833 bits per heavy atom. The summed E-state index contributed by atoms with van der Waals surface area (Å²) < 4.78 is 0. The van der Waals surface area contributed by atoms with Gasteiger partial charge in [0, 0.05) is 10.8 Å². The Kier molecular flexibility index (Phi) is 3.97. The van der Waals surface area contributed by atoms with Crippen LogP contribution in [0.3, 0.4) is 0 Å². The van der Waals surface area contributed by atoms with Crippen LogP contribution in [0.2, 0.25) is 0 Å². The molecule has 0 radical (unpaired) electrons. The Balaban J connectivity index is 1.55. The van der Waals surface area contributed by atoms with E-state index in [0.717, 1.165) is 32.8 Å². The van der Waals surface area contributed by atoms with Crippen molar-refractivity contribution in [3.63, 3.8) is 0 Å². The minimum atomic E-state index is 0.913. The first-order valence-electron chi connectivity index (χ1n) is 12.3. The SMILES string of the molecule is c1ccc(-c2cc3nc4c5cccc6ccc7cccc(c4nc3cc2-c2ccccc2)c7c65)cc1. The molecular formula is C34H20N2. The van der Waals surface area contributed by atoms with Gasteiger partial charge in [0.25, 0.3) is 0 Å². The molecule has 0 spiro atoms. The van der Waals surface area contributed by atoms with Crippen LogP contribution in [0.25, 0.3) is 76.6 Å². The molecule has 2 heteroatoms. The highest BCUT2D eigenvalue weighted by molar-refractivity contribution is 6.32. The molecule has 1 heterocycles. The van der Waals surface area contributed by atoms with E-state index in [1.165, 1.54) is 43.8 Å². The van der Waals surface area contributed by atoms with Gasteiger partial charge in [0.1, 0.15) is 0 Å². The van der Waals surface area contributed by atoms with E-state index in [0.29, 0.717) is 0 Å². The first-order valence-corrected chi connectivity index (χ1v) is 12.3. The lowest BCUT2D eigenvalue weighted by Gasteiger charge is -2.15. The number of benzene rings is 7. The Morgan fingerprint density at radius 3 is 1.28 bits per heavy atom. The third-order valence-corrected chi connectivity index (χ3v) is 7.37. The topological polar surface area (TPSA) is 25.8 Å². The van der Waals surface area contributed by atoms with Crippen LogP contribution in [0, 0.1) is 0 Å². The van der Waals surface area contributed by atoms with Crippen LogP contribution in [-0.4, -0.2) is 9.97 Å². The number of hydrogen-bond donors (Lipinski definition) is 0. The molecule has 0 bridgehead atoms. The van der Waals surface area contributed by atoms with E-state index in [9.17, 15) is 0 Å². The molecule has 8 rings (SSSR count). The maximum atomic E-state index is 5.29. The number of hydrogen-bond acceptors (Lipinski definition) is 2. The molecule has 0 N–H and O–H groups in total. The number of fused-ring (bicyclic) bond motifs is 4. The highest BCUT2D eigenvalue weighted by atomic mass is 14.8. The number of rotatable bonds is 2. The van der Waals surface area contributed by atoms with Gasteiger partial charge in [0.2, 0.25) is 0 Å². The maximum absolute atomic E-state index is 5.29. The Bertz CT molecular complexity index is 1930. The smallest absolute Gasteiger partial charge is 0.0979 e. The van der Waals surface area contributed by atoms with Crippen LogP contribution in [0.1, 0.15) is 0 Å². The molecule has 1 aromatic heterocycles. The molecule has 166 valence electrons. The molecule has 0 unspecified atom stereocenters. The first kappa shape index (κ1) is 19.5. The summed E-state index contributed by atoms with van der Waals surface area (Å²) in [5.74, 6) is 0. The zero-order chi connectivity index (χ0) is 23.6. The second-order valence-electron chi connectivity index (χ2n) is 9.41. The van der Waals surface area contributed by atoms with Crippen LogP contribution >= 0.6 is 0 Å². The first-order chi connectivity index (χ1) is 17.8. The summed E-state index contributed by atoms with van der Waals surface area (Å²) in [6.45, 7) is 0.